The van der Waals surface area contributed by atoms with Crippen LogP contribution >= 0.6 is 11.6 Å². The van der Waals surface area contributed by atoms with Gasteiger partial charge in [-0.2, -0.15) is 0 Å². The van der Waals surface area contributed by atoms with Gasteiger partial charge in [0.25, 0.3) is 5.91 Å². The minimum Gasteiger partial charge on any atom is -0.496 e. The van der Waals surface area contributed by atoms with Crippen LogP contribution in [0.2, 0.25) is 5.02 Å². The number of hydrogen-bond acceptors (Lipinski definition) is 4. The summed E-state index contributed by atoms with van der Waals surface area (Å²) in [6, 6.07) is 4.64. The van der Waals surface area contributed by atoms with Crippen molar-refractivity contribution < 1.29 is 19.1 Å². The summed E-state index contributed by atoms with van der Waals surface area (Å²) in [5.74, 6) is -0.411. The predicted molar refractivity (Wildman–Crippen MR) is 94.9 cm³/mol. The normalized spacial score (nSPS) is 25.3. The SMILES string of the molecule is COc1ccc(Cl)cc1C(=O)N1CC(N2C(=O)C3CC=CCC3C2=O)C1. The fourth-order valence-electron chi connectivity index (χ4n) is 3.99. The van der Waals surface area contributed by atoms with Crippen LogP contribution in [0.1, 0.15) is 23.2 Å². The number of carbonyl (C=O) groups excluding carboxylic acids is 3. The number of likely N-dealkylation sites (tertiary alicyclic amines) is 2. The molecule has 3 aliphatic rings. The van der Waals surface area contributed by atoms with Crippen molar-refractivity contribution in [2.75, 3.05) is 20.2 Å². The molecule has 2 aliphatic heterocycles. The van der Waals surface area contributed by atoms with Gasteiger partial charge in [0.15, 0.2) is 0 Å². The molecular formula is C19H19ClN2O4. The smallest absolute Gasteiger partial charge is 0.257 e. The molecule has 1 aromatic rings. The monoisotopic (exact) mass is 374 g/mol. The van der Waals surface area contributed by atoms with Gasteiger partial charge >= 0.3 is 0 Å². The van der Waals surface area contributed by atoms with Crippen LogP contribution in [0.5, 0.6) is 5.75 Å². The molecule has 2 atom stereocenters. The van der Waals surface area contributed by atoms with Gasteiger partial charge in [0.2, 0.25) is 11.8 Å². The summed E-state index contributed by atoms with van der Waals surface area (Å²) in [6.07, 6.45) is 5.19. The zero-order valence-electron chi connectivity index (χ0n) is 14.4. The third-order valence-electron chi connectivity index (χ3n) is 5.45. The first-order valence-electron chi connectivity index (χ1n) is 8.66. The number of rotatable bonds is 3. The molecule has 1 aliphatic carbocycles. The number of allylic oxidation sites excluding steroid dienone is 2. The van der Waals surface area contributed by atoms with E-state index in [0.29, 0.717) is 42.3 Å². The van der Waals surface area contributed by atoms with Gasteiger partial charge in [-0.3, -0.25) is 19.3 Å². The highest BCUT2D eigenvalue weighted by atomic mass is 35.5. The van der Waals surface area contributed by atoms with E-state index in [0.717, 1.165) is 0 Å². The van der Waals surface area contributed by atoms with Crippen LogP contribution in [0, 0.1) is 11.8 Å². The quantitative estimate of drug-likeness (QED) is 0.600. The van der Waals surface area contributed by atoms with E-state index in [9.17, 15) is 14.4 Å². The van der Waals surface area contributed by atoms with Gasteiger partial charge in [0.05, 0.1) is 30.6 Å². The Kier molecular flexibility index (Phi) is 4.23. The molecule has 3 amide bonds. The van der Waals surface area contributed by atoms with Crippen LogP contribution < -0.4 is 4.74 Å². The van der Waals surface area contributed by atoms with Crippen molar-refractivity contribution in [1.82, 2.24) is 9.80 Å². The van der Waals surface area contributed by atoms with Crippen molar-refractivity contribution in [2.45, 2.75) is 18.9 Å². The van der Waals surface area contributed by atoms with E-state index in [2.05, 4.69) is 0 Å². The Morgan fingerprint density at radius 3 is 2.31 bits per heavy atom. The average molecular weight is 375 g/mol. The first kappa shape index (κ1) is 17.1. The van der Waals surface area contributed by atoms with Crippen LogP contribution in [-0.2, 0) is 9.59 Å². The van der Waals surface area contributed by atoms with Gasteiger partial charge in [-0.1, -0.05) is 23.8 Å². The summed E-state index contributed by atoms with van der Waals surface area (Å²) in [4.78, 5) is 40.9. The molecule has 0 bridgehead atoms. The maximum atomic E-state index is 12.7. The fraction of sp³-hybridized carbons (Fsp3) is 0.421. The lowest BCUT2D eigenvalue weighted by molar-refractivity contribution is -0.145. The first-order valence-corrected chi connectivity index (χ1v) is 9.03. The van der Waals surface area contributed by atoms with Crippen LogP contribution in [0.25, 0.3) is 0 Å². The lowest BCUT2D eigenvalue weighted by atomic mass is 9.85. The second-order valence-corrected chi connectivity index (χ2v) is 7.35. The molecule has 2 fully saturated rings. The molecule has 0 radical (unpaired) electrons. The van der Waals surface area contributed by atoms with Crippen LogP contribution in [0.3, 0.4) is 0 Å². The highest BCUT2D eigenvalue weighted by Gasteiger charge is 2.52. The number of carbonyl (C=O) groups is 3. The van der Waals surface area contributed by atoms with Gasteiger partial charge in [-0.05, 0) is 31.0 Å². The van der Waals surface area contributed by atoms with Gasteiger partial charge in [0.1, 0.15) is 5.75 Å². The lowest BCUT2D eigenvalue weighted by Crippen LogP contribution is -2.62. The van der Waals surface area contributed by atoms with E-state index in [4.69, 9.17) is 16.3 Å². The molecule has 6 nitrogen and oxygen atoms in total. The third kappa shape index (κ3) is 2.60. The van der Waals surface area contributed by atoms with Crippen molar-refractivity contribution in [2.24, 2.45) is 11.8 Å². The molecule has 1 aromatic carbocycles. The Morgan fingerprint density at radius 1 is 1.12 bits per heavy atom. The van der Waals surface area contributed by atoms with Crippen LogP contribution in [0.4, 0.5) is 0 Å². The fourth-order valence-corrected chi connectivity index (χ4v) is 4.16. The zero-order valence-corrected chi connectivity index (χ0v) is 15.1. The number of fused-ring (bicyclic) bond motifs is 1. The Labute approximate surface area is 156 Å². The minimum atomic E-state index is -0.241. The van der Waals surface area contributed by atoms with E-state index in [1.165, 1.54) is 12.0 Å². The van der Waals surface area contributed by atoms with Gasteiger partial charge < -0.3 is 9.64 Å². The first-order chi connectivity index (χ1) is 12.5. The van der Waals surface area contributed by atoms with Crippen molar-refractivity contribution in [3.8, 4) is 5.75 Å². The summed E-state index contributed by atoms with van der Waals surface area (Å²) in [7, 11) is 1.50. The number of halogens is 1. The molecule has 2 unspecified atom stereocenters. The molecule has 136 valence electrons. The second-order valence-electron chi connectivity index (χ2n) is 6.91. The highest BCUT2D eigenvalue weighted by Crippen LogP contribution is 2.38. The molecule has 2 heterocycles. The zero-order chi connectivity index (χ0) is 18.4. The number of amides is 3. The molecule has 4 rings (SSSR count). The average Bonchev–Trinajstić information content (AvgIpc) is 2.86. The summed E-state index contributed by atoms with van der Waals surface area (Å²) in [5.41, 5.74) is 0.385. The van der Waals surface area contributed by atoms with Crippen LogP contribution in [0.15, 0.2) is 30.4 Å². The third-order valence-corrected chi connectivity index (χ3v) is 5.68. The van der Waals surface area contributed by atoms with E-state index in [1.807, 2.05) is 12.2 Å². The topological polar surface area (TPSA) is 66.9 Å². The van der Waals surface area contributed by atoms with Gasteiger partial charge in [0, 0.05) is 18.1 Å². The van der Waals surface area contributed by atoms with Crippen LogP contribution in [-0.4, -0.2) is 53.8 Å². The summed E-state index contributed by atoms with van der Waals surface area (Å²) in [5, 5.41) is 0.452. The largest absolute Gasteiger partial charge is 0.496 e. The molecule has 0 saturated carbocycles. The molecule has 0 aromatic heterocycles. The summed E-state index contributed by atoms with van der Waals surface area (Å²) in [6.45, 7) is 0.692. The Hall–Kier alpha value is -2.34. The van der Waals surface area contributed by atoms with Crippen molar-refractivity contribution >= 4 is 29.3 Å². The Bertz CT molecular complexity index is 790. The molecule has 0 spiro atoms. The molecular weight excluding hydrogens is 356 g/mol. The summed E-state index contributed by atoms with van der Waals surface area (Å²) < 4.78 is 5.23. The number of benzene rings is 1. The number of hydrogen-bond donors (Lipinski definition) is 0. The number of methoxy groups -OCH3 is 1. The maximum Gasteiger partial charge on any atom is 0.257 e. The van der Waals surface area contributed by atoms with E-state index in [1.54, 1.807) is 23.1 Å². The maximum absolute atomic E-state index is 12.7. The molecule has 26 heavy (non-hydrogen) atoms. The standard InChI is InChI=1S/C19H19ClN2O4/c1-26-16-7-6-11(20)8-15(16)17(23)21-9-12(10-21)22-18(24)13-4-2-3-5-14(13)19(22)25/h2-3,6-8,12-14H,4-5,9-10H2,1H3. The highest BCUT2D eigenvalue weighted by molar-refractivity contribution is 6.31. The van der Waals surface area contributed by atoms with Crippen molar-refractivity contribution in [3.63, 3.8) is 0 Å². The van der Waals surface area contributed by atoms with E-state index in [-0.39, 0.29) is 35.6 Å². The second kappa shape index (κ2) is 6.43. The van der Waals surface area contributed by atoms with Gasteiger partial charge in [-0.15, -0.1) is 0 Å². The lowest BCUT2D eigenvalue weighted by Gasteiger charge is -2.43. The van der Waals surface area contributed by atoms with E-state index < -0.39 is 0 Å². The van der Waals surface area contributed by atoms with E-state index >= 15 is 0 Å². The molecule has 0 N–H and O–H groups in total. The minimum absolute atomic E-state index is 0.0956. The predicted octanol–water partition coefficient (Wildman–Crippen LogP) is 2.12. The molecule has 2 saturated heterocycles. The number of nitrogens with zero attached hydrogens (tertiary/aromatic N) is 2. The Balaban J connectivity index is 1.46. The molecule has 7 heteroatoms. The number of ether oxygens (including phenoxy) is 1. The van der Waals surface area contributed by atoms with Crippen molar-refractivity contribution in [3.05, 3.63) is 40.9 Å². The Morgan fingerprint density at radius 2 is 1.73 bits per heavy atom. The van der Waals surface area contributed by atoms with Crippen molar-refractivity contribution in [1.29, 1.82) is 0 Å². The van der Waals surface area contributed by atoms with Gasteiger partial charge in [-0.25, -0.2) is 0 Å². The number of imide groups is 1. The summed E-state index contributed by atoms with van der Waals surface area (Å²) >= 11 is 5.99.